The van der Waals surface area contributed by atoms with Crippen molar-refractivity contribution in [2.24, 2.45) is 0 Å². The Morgan fingerprint density at radius 1 is 1.06 bits per heavy atom. The summed E-state index contributed by atoms with van der Waals surface area (Å²) in [7, 11) is 1.29. The molecule has 0 saturated carbocycles. The Kier molecular flexibility index (Phi) is 5.78. The van der Waals surface area contributed by atoms with E-state index in [1.807, 2.05) is 30.3 Å². The molecule has 0 unspecified atom stereocenters. The van der Waals surface area contributed by atoms with Gasteiger partial charge in [0.15, 0.2) is 0 Å². The zero-order valence-corrected chi connectivity index (χ0v) is 17.1. The topological polar surface area (TPSA) is 67.9 Å². The number of methoxy groups -OCH3 is 1. The molecule has 4 rings (SSSR count). The summed E-state index contributed by atoms with van der Waals surface area (Å²) in [4.78, 5) is 24.0. The first-order valence-corrected chi connectivity index (χ1v) is 9.60. The summed E-state index contributed by atoms with van der Waals surface area (Å²) in [5.41, 5.74) is 2.55. The van der Waals surface area contributed by atoms with Crippen molar-refractivity contribution in [3.8, 4) is 34.5 Å². The van der Waals surface area contributed by atoms with Crippen molar-refractivity contribution in [3.05, 3.63) is 94.7 Å². The number of rotatable bonds is 3. The average molecular weight is 432 g/mol. The van der Waals surface area contributed by atoms with Crippen LogP contribution in [0.2, 0.25) is 5.02 Å². The fraction of sp³-hybridized carbons (Fsp3) is 0.0417. The highest BCUT2D eigenvalue weighted by atomic mass is 35.5. The van der Waals surface area contributed by atoms with Crippen molar-refractivity contribution in [2.45, 2.75) is 0 Å². The van der Waals surface area contributed by atoms with Gasteiger partial charge in [0.25, 0.3) is 0 Å². The van der Waals surface area contributed by atoms with Gasteiger partial charge < -0.3 is 9.72 Å². The zero-order valence-electron chi connectivity index (χ0n) is 16.3. The molecule has 4 aromatic rings. The van der Waals surface area contributed by atoms with Gasteiger partial charge in [0.2, 0.25) is 0 Å². The number of aromatic nitrogens is 3. The van der Waals surface area contributed by atoms with Gasteiger partial charge in [0.05, 0.1) is 35.2 Å². The number of ether oxygens (including phenoxy) is 1. The summed E-state index contributed by atoms with van der Waals surface area (Å²) in [6.07, 6.45) is 2.98. The Bertz CT molecular complexity index is 1300. The number of H-pyrrole nitrogens is 1. The number of hydrogen-bond acceptors (Lipinski definition) is 4. The highest BCUT2D eigenvalue weighted by molar-refractivity contribution is 6.33. The van der Waals surface area contributed by atoms with Crippen LogP contribution in [0.5, 0.6) is 0 Å². The van der Waals surface area contributed by atoms with E-state index in [2.05, 4.69) is 26.8 Å². The maximum Gasteiger partial charge on any atom is 0.338 e. The fourth-order valence-electron chi connectivity index (χ4n) is 2.98. The molecule has 0 spiro atoms. The monoisotopic (exact) mass is 431 g/mol. The van der Waals surface area contributed by atoms with Crippen molar-refractivity contribution in [1.82, 2.24) is 15.0 Å². The minimum atomic E-state index is -0.555. The molecule has 0 amide bonds. The van der Waals surface area contributed by atoms with E-state index >= 15 is 0 Å². The number of imidazole rings is 1. The summed E-state index contributed by atoms with van der Waals surface area (Å²) in [5.74, 6) is 5.12. The Hall–Kier alpha value is -3.95. The molecular formula is C24H15ClFN3O2. The predicted octanol–water partition coefficient (Wildman–Crippen LogP) is 5.12. The molecule has 2 aromatic heterocycles. The quantitative estimate of drug-likeness (QED) is 0.361. The molecule has 152 valence electrons. The van der Waals surface area contributed by atoms with E-state index in [0.29, 0.717) is 17.0 Å². The summed E-state index contributed by atoms with van der Waals surface area (Å²) < 4.78 is 19.2. The van der Waals surface area contributed by atoms with Crippen LogP contribution in [0.25, 0.3) is 22.6 Å². The van der Waals surface area contributed by atoms with Gasteiger partial charge in [-0.25, -0.2) is 19.2 Å². The van der Waals surface area contributed by atoms with Crippen LogP contribution in [-0.4, -0.2) is 28.0 Å². The highest BCUT2D eigenvalue weighted by Crippen LogP contribution is 2.31. The van der Waals surface area contributed by atoms with Gasteiger partial charge in [0, 0.05) is 17.3 Å². The number of halogens is 2. The SMILES string of the molecule is COC(=O)c1cc(C#Cc2ccccc2)ncc1-c1cnc(-c2c(F)cccc2Cl)[nH]1. The molecule has 1 N–H and O–H groups in total. The van der Waals surface area contributed by atoms with Crippen LogP contribution in [0.3, 0.4) is 0 Å². The van der Waals surface area contributed by atoms with Crippen LogP contribution < -0.4 is 0 Å². The predicted molar refractivity (Wildman–Crippen MR) is 116 cm³/mol. The van der Waals surface area contributed by atoms with Gasteiger partial charge in [0.1, 0.15) is 17.3 Å². The number of carbonyl (C=O) groups excluding carboxylic acids is 1. The minimum absolute atomic E-state index is 0.147. The molecule has 0 bridgehead atoms. The lowest BCUT2D eigenvalue weighted by Crippen LogP contribution is -2.05. The molecule has 0 aliphatic carbocycles. The molecule has 0 aliphatic heterocycles. The Morgan fingerprint density at radius 3 is 2.61 bits per heavy atom. The third-order valence-corrected chi connectivity index (χ3v) is 4.80. The first kappa shape index (κ1) is 20.3. The molecule has 2 aromatic carbocycles. The lowest BCUT2D eigenvalue weighted by molar-refractivity contribution is 0.0601. The van der Waals surface area contributed by atoms with Gasteiger partial charge in [-0.2, -0.15) is 0 Å². The van der Waals surface area contributed by atoms with Crippen LogP contribution in [0.1, 0.15) is 21.6 Å². The standard InChI is InChI=1S/C24H15ClFN3O2/c1-31-24(30)17-12-16(11-10-15-6-3-2-4-7-15)27-13-18(17)21-14-28-23(29-21)22-19(25)8-5-9-20(22)26/h2-9,12-14H,1H3,(H,28,29). The summed E-state index contributed by atoms with van der Waals surface area (Å²) in [6, 6.07) is 15.4. The first-order chi connectivity index (χ1) is 15.1. The third-order valence-electron chi connectivity index (χ3n) is 4.48. The fourth-order valence-corrected chi connectivity index (χ4v) is 3.24. The van der Waals surface area contributed by atoms with Crippen molar-refractivity contribution < 1.29 is 13.9 Å². The molecule has 5 nitrogen and oxygen atoms in total. The van der Waals surface area contributed by atoms with Crippen molar-refractivity contribution in [2.75, 3.05) is 7.11 Å². The van der Waals surface area contributed by atoms with E-state index < -0.39 is 11.8 Å². The number of hydrogen-bond donors (Lipinski definition) is 1. The number of nitrogens with one attached hydrogen (secondary N) is 1. The largest absolute Gasteiger partial charge is 0.465 e. The highest BCUT2D eigenvalue weighted by Gasteiger charge is 2.19. The minimum Gasteiger partial charge on any atom is -0.465 e. The number of esters is 1. The number of benzene rings is 2. The lowest BCUT2D eigenvalue weighted by Gasteiger charge is -2.07. The van der Waals surface area contributed by atoms with E-state index in [-0.39, 0.29) is 22.0 Å². The van der Waals surface area contributed by atoms with Gasteiger partial charge in [-0.05, 0) is 36.3 Å². The molecule has 2 heterocycles. The zero-order chi connectivity index (χ0) is 21.8. The average Bonchev–Trinajstić information content (AvgIpc) is 3.27. The van der Waals surface area contributed by atoms with Gasteiger partial charge in [-0.3, -0.25) is 0 Å². The Balaban J connectivity index is 1.75. The van der Waals surface area contributed by atoms with E-state index in [0.717, 1.165) is 5.56 Å². The van der Waals surface area contributed by atoms with Gasteiger partial charge in [-0.1, -0.05) is 41.8 Å². The number of pyridine rings is 1. The molecule has 0 aliphatic rings. The van der Waals surface area contributed by atoms with E-state index in [1.165, 1.54) is 31.6 Å². The maximum atomic E-state index is 14.2. The normalized spacial score (nSPS) is 10.3. The van der Waals surface area contributed by atoms with Gasteiger partial charge >= 0.3 is 5.97 Å². The van der Waals surface area contributed by atoms with E-state index in [9.17, 15) is 9.18 Å². The van der Waals surface area contributed by atoms with E-state index in [4.69, 9.17) is 16.3 Å². The number of carbonyl (C=O) groups is 1. The smallest absolute Gasteiger partial charge is 0.338 e. The number of aromatic amines is 1. The molecule has 0 atom stereocenters. The van der Waals surface area contributed by atoms with Gasteiger partial charge in [-0.15, -0.1) is 0 Å². The van der Waals surface area contributed by atoms with Crippen LogP contribution in [0, 0.1) is 17.7 Å². The van der Waals surface area contributed by atoms with Crippen LogP contribution >= 0.6 is 11.6 Å². The first-order valence-electron chi connectivity index (χ1n) is 9.22. The Morgan fingerprint density at radius 2 is 1.87 bits per heavy atom. The second-order valence-corrected chi connectivity index (χ2v) is 6.87. The van der Waals surface area contributed by atoms with Crippen molar-refractivity contribution >= 4 is 17.6 Å². The van der Waals surface area contributed by atoms with E-state index in [1.54, 1.807) is 12.1 Å². The summed E-state index contributed by atoms with van der Waals surface area (Å²) in [6.45, 7) is 0. The Labute approximate surface area is 182 Å². The van der Waals surface area contributed by atoms with Crippen LogP contribution in [0.4, 0.5) is 4.39 Å². The second-order valence-electron chi connectivity index (χ2n) is 6.46. The van der Waals surface area contributed by atoms with Crippen LogP contribution in [-0.2, 0) is 4.74 Å². The molecular weight excluding hydrogens is 417 g/mol. The second kappa shape index (κ2) is 8.82. The summed E-state index contributed by atoms with van der Waals surface area (Å²) in [5, 5.41) is 0.221. The molecule has 0 radical (unpaired) electrons. The maximum absolute atomic E-state index is 14.2. The molecule has 7 heteroatoms. The van der Waals surface area contributed by atoms with Crippen molar-refractivity contribution in [1.29, 1.82) is 0 Å². The van der Waals surface area contributed by atoms with Crippen molar-refractivity contribution in [3.63, 3.8) is 0 Å². The molecule has 0 saturated heterocycles. The molecule has 31 heavy (non-hydrogen) atoms. The lowest BCUT2D eigenvalue weighted by atomic mass is 10.1. The third kappa shape index (κ3) is 4.32. The number of nitrogens with zero attached hydrogens (tertiary/aromatic N) is 2. The van der Waals surface area contributed by atoms with Crippen LogP contribution in [0.15, 0.2) is 67.0 Å². The summed E-state index contributed by atoms with van der Waals surface area (Å²) >= 11 is 6.13. The molecule has 0 fully saturated rings.